The third-order valence-electron chi connectivity index (χ3n) is 2.57. The van der Waals surface area contributed by atoms with Crippen molar-refractivity contribution in [3.8, 4) is 0 Å². The number of halogens is 1. The summed E-state index contributed by atoms with van der Waals surface area (Å²) in [6.45, 7) is 7.59. The van der Waals surface area contributed by atoms with E-state index in [-0.39, 0.29) is 17.0 Å². The number of anilines is 1. The van der Waals surface area contributed by atoms with Crippen molar-refractivity contribution in [3.63, 3.8) is 0 Å². The number of rotatable bonds is 7. The van der Waals surface area contributed by atoms with Gasteiger partial charge in [-0.15, -0.1) is 10.2 Å². The highest BCUT2D eigenvalue weighted by Crippen LogP contribution is 2.32. The molecule has 0 radical (unpaired) electrons. The van der Waals surface area contributed by atoms with E-state index in [4.69, 9.17) is 0 Å². The topological polar surface area (TPSA) is 54.9 Å². The maximum Gasteiger partial charge on any atom is 0.237 e. The summed E-state index contributed by atoms with van der Waals surface area (Å²) < 4.78 is 14.7. The molecule has 1 atom stereocenters. The number of nitrogens with zero attached hydrogens (tertiary/aromatic N) is 2. The Kier molecular flexibility index (Phi) is 6.61. The van der Waals surface area contributed by atoms with Crippen LogP contribution in [0.5, 0.6) is 0 Å². The highest BCUT2D eigenvalue weighted by molar-refractivity contribution is 8.04. The molecule has 2 aromatic rings. The first kappa shape index (κ1) is 18.0. The first-order valence-corrected chi connectivity index (χ1v) is 9.46. The van der Waals surface area contributed by atoms with Gasteiger partial charge >= 0.3 is 0 Å². The van der Waals surface area contributed by atoms with E-state index in [0.29, 0.717) is 5.69 Å². The molecule has 0 fully saturated rings. The Morgan fingerprint density at radius 3 is 2.87 bits per heavy atom. The smallest absolute Gasteiger partial charge is 0.237 e. The SMILES string of the molecule is C=C(C)CSc1nnc(S[C@H](C)C(=O)Nc2cccc(F)c2)s1. The van der Waals surface area contributed by atoms with Gasteiger partial charge in [-0.3, -0.25) is 4.79 Å². The van der Waals surface area contributed by atoms with Gasteiger partial charge in [-0.1, -0.05) is 53.1 Å². The summed E-state index contributed by atoms with van der Waals surface area (Å²) in [6.07, 6.45) is 0. The van der Waals surface area contributed by atoms with Crippen LogP contribution in [0.4, 0.5) is 10.1 Å². The fourth-order valence-electron chi connectivity index (χ4n) is 1.50. The summed E-state index contributed by atoms with van der Waals surface area (Å²) in [5.74, 6) is 0.216. The van der Waals surface area contributed by atoms with Crippen LogP contribution in [-0.2, 0) is 4.79 Å². The lowest BCUT2D eigenvalue weighted by molar-refractivity contribution is -0.115. The van der Waals surface area contributed by atoms with Crippen LogP contribution in [0.2, 0.25) is 0 Å². The fourth-order valence-corrected chi connectivity index (χ4v) is 4.51. The first-order valence-electron chi connectivity index (χ1n) is 6.78. The van der Waals surface area contributed by atoms with Crippen molar-refractivity contribution >= 4 is 46.5 Å². The van der Waals surface area contributed by atoms with Crippen LogP contribution < -0.4 is 5.32 Å². The number of benzene rings is 1. The van der Waals surface area contributed by atoms with Gasteiger partial charge in [0.05, 0.1) is 5.25 Å². The molecule has 1 aromatic heterocycles. The number of amides is 1. The van der Waals surface area contributed by atoms with E-state index in [0.717, 1.165) is 20.0 Å². The number of carbonyl (C=O) groups excluding carboxylic acids is 1. The predicted octanol–water partition coefficient (Wildman–Crippen LogP) is 4.46. The van der Waals surface area contributed by atoms with Crippen molar-refractivity contribution in [2.75, 3.05) is 11.1 Å². The highest BCUT2D eigenvalue weighted by Gasteiger charge is 2.17. The molecule has 8 heteroatoms. The number of carbonyl (C=O) groups is 1. The summed E-state index contributed by atoms with van der Waals surface area (Å²) in [7, 11) is 0. The molecule has 0 unspecified atom stereocenters. The molecule has 1 N–H and O–H groups in total. The zero-order chi connectivity index (χ0) is 16.8. The second-order valence-electron chi connectivity index (χ2n) is 4.84. The fraction of sp³-hybridized carbons (Fsp3) is 0.267. The molecule has 0 bridgehead atoms. The van der Waals surface area contributed by atoms with Crippen LogP contribution in [0.3, 0.4) is 0 Å². The van der Waals surface area contributed by atoms with E-state index in [1.807, 2.05) is 6.92 Å². The van der Waals surface area contributed by atoms with Crippen molar-refractivity contribution in [2.45, 2.75) is 27.8 Å². The molecule has 0 spiro atoms. The Morgan fingerprint density at radius 1 is 1.43 bits per heavy atom. The molecule has 0 saturated heterocycles. The van der Waals surface area contributed by atoms with Gasteiger partial charge in [-0.25, -0.2) is 4.39 Å². The number of hydrogen-bond acceptors (Lipinski definition) is 6. The molecular weight excluding hydrogens is 353 g/mol. The predicted molar refractivity (Wildman–Crippen MR) is 95.8 cm³/mol. The molecule has 0 aliphatic rings. The molecule has 1 aromatic carbocycles. The number of hydrogen-bond donors (Lipinski definition) is 1. The van der Waals surface area contributed by atoms with Gasteiger partial charge in [-0.2, -0.15) is 0 Å². The van der Waals surface area contributed by atoms with Gasteiger partial charge in [0.15, 0.2) is 8.68 Å². The Balaban J connectivity index is 1.89. The minimum atomic E-state index is -0.383. The molecule has 4 nitrogen and oxygen atoms in total. The second-order valence-corrected chi connectivity index (χ2v) is 8.63. The Hall–Kier alpha value is -1.38. The van der Waals surface area contributed by atoms with Gasteiger partial charge in [0.2, 0.25) is 5.91 Å². The highest BCUT2D eigenvalue weighted by atomic mass is 32.2. The maximum absolute atomic E-state index is 13.1. The van der Waals surface area contributed by atoms with Gasteiger partial charge in [0.25, 0.3) is 0 Å². The van der Waals surface area contributed by atoms with Gasteiger partial charge in [-0.05, 0) is 32.0 Å². The molecule has 2 rings (SSSR count). The molecule has 23 heavy (non-hydrogen) atoms. The summed E-state index contributed by atoms with van der Waals surface area (Å²) in [5.41, 5.74) is 1.51. The molecule has 0 aliphatic carbocycles. The molecule has 0 aliphatic heterocycles. The van der Waals surface area contributed by atoms with Gasteiger partial charge < -0.3 is 5.32 Å². The third kappa shape index (κ3) is 5.96. The van der Waals surface area contributed by atoms with E-state index in [9.17, 15) is 9.18 Å². The normalized spacial score (nSPS) is 12.0. The lowest BCUT2D eigenvalue weighted by Gasteiger charge is -2.10. The summed E-state index contributed by atoms with van der Waals surface area (Å²) in [4.78, 5) is 12.1. The zero-order valence-electron chi connectivity index (χ0n) is 12.7. The quantitative estimate of drug-likeness (QED) is 0.577. The van der Waals surface area contributed by atoms with Crippen molar-refractivity contribution in [1.82, 2.24) is 10.2 Å². The van der Waals surface area contributed by atoms with Crippen molar-refractivity contribution in [2.24, 2.45) is 0 Å². The summed E-state index contributed by atoms with van der Waals surface area (Å²) >= 11 is 4.36. The molecule has 1 amide bonds. The monoisotopic (exact) mass is 369 g/mol. The number of aromatic nitrogens is 2. The lowest BCUT2D eigenvalue weighted by atomic mass is 10.3. The van der Waals surface area contributed by atoms with Crippen LogP contribution in [0.15, 0.2) is 45.1 Å². The van der Waals surface area contributed by atoms with Crippen molar-refractivity contribution < 1.29 is 9.18 Å². The maximum atomic E-state index is 13.1. The largest absolute Gasteiger partial charge is 0.325 e. The van der Waals surface area contributed by atoms with Crippen LogP contribution in [0.25, 0.3) is 0 Å². The number of nitrogens with one attached hydrogen (secondary N) is 1. The van der Waals surface area contributed by atoms with E-state index < -0.39 is 0 Å². The average molecular weight is 370 g/mol. The minimum Gasteiger partial charge on any atom is -0.325 e. The Bertz CT molecular complexity index is 705. The van der Waals surface area contributed by atoms with Crippen LogP contribution in [0, 0.1) is 5.82 Å². The number of thioether (sulfide) groups is 2. The summed E-state index contributed by atoms with van der Waals surface area (Å²) in [6, 6.07) is 5.82. The average Bonchev–Trinajstić information content (AvgIpc) is 2.92. The van der Waals surface area contributed by atoms with Gasteiger partial charge in [0, 0.05) is 11.4 Å². The van der Waals surface area contributed by atoms with E-state index >= 15 is 0 Å². The second kappa shape index (κ2) is 8.47. The van der Waals surface area contributed by atoms with E-state index in [1.165, 1.54) is 35.2 Å². The molecular formula is C15H16FN3OS3. The summed E-state index contributed by atoms with van der Waals surface area (Å²) in [5, 5.41) is 10.5. The zero-order valence-corrected chi connectivity index (χ0v) is 15.2. The standard InChI is InChI=1S/C15H16FN3OS3/c1-9(2)8-21-14-18-19-15(23-14)22-10(3)13(20)17-12-6-4-5-11(16)7-12/h4-7,10H,1,8H2,2-3H3,(H,17,20)/t10-/m1/s1. The van der Waals surface area contributed by atoms with Crippen LogP contribution >= 0.6 is 34.9 Å². The minimum absolute atomic E-state index is 0.202. The van der Waals surface area contributed by atoms with Gasteiger partial charge in [0.1, 0.15) is 5.82 Å². The van der Waals surface area contributed by atoms with Crippen LogP contribution in [0.1, 0.15) is 13.8 Å². The van der Waals surface area contributed by atoms with Crippen LogP contribution in [-0.4, -0.2) is 27.1 Å². The third-order valence-corrected chi connectivity index (χ3v) is 6.04. The van der Waals surface area contributed by atoms with Crippen molar-refractivity contribution in [3.05, 3.63) is 42.2 Å². The Labute approximate surface area is 147 Å². The first-order chi connectivity index (χ1) is 10.9. The van der Waals surface area contributed by atoms with E-state index in [2.05, 4.69) is 22.1 Å². The lowest BCUT2D eigenvalue weighted by Crippen LogP contribution is -2.22. The molecule has 122 valence electrons. The molecule has 0 saturated carbocycles. The van der Waals surface area contributed by atoms with E-state index in [1.54, 1.807) is 30.8 Å². The van der Waals surface area contributed by atoms with Crippen molar-refractivity contribution in [1.29, 1.82) is 0 Å². The Morgan fingerprint density at radius 2 is 2.17 bits per heavy atom. The molecule has 1 heterocycles.